The molecule has 1 aromatic carbocycles. The fourth-order valence-electron chi connectivity index (χ4n) is 5.14. The minimum Gasteiger partial charge on any atom is -0.361 e. The second-order valence-corrected chi connectivity index (χ2v) is 10.4. The smallest absolute Gasteiger partial charge is 0.276 e. The summed E-state index contributed by atoms with van der Waals surface area (Å²) in [5.41, 5.74) is 5.75. The molecule has 2 aliphatic heterocycles. The number of amides is 2. The third-order valence-corrected chi connectivity index (χ3v) is 7.24. The highest BCUT2D eigenvalue weighted by Crippen LogP contribution is 2.28. The van der Waals surface area contributed by atoms with Gasteiger partial charge in [0, 0.05) is 54.9 Å². The number of likely N-dealkylation sites (tertiary alicyclic amines) is 1. The van der Waals surface area contributed by atoms with Crippen LogP contribution in [0.4, 0.5) is 28.8 Å². The van der Waals surface area contributed by atoms with Crippen LogP contribution in [0.25, 0.3) is 0 Å². The SMILES string of the molecule is Cc1cc(C(=O)N2CC[C@H](CC(=O)Nc3ccc4cc3CCc3cncc(c3)Nc3ncc(C)c(n3)N4)C2)no1. The molecule has 2 aliphatic rings. The highest BCUT2D eigenvalue weighted by molar-refractivity contribution is 5.93. The fourth-order valence-corrected chi connectivity index (χ4v) is 5.14. The van der Waals surface area contributed by atoms with Crippen molar-refractivity contribution in [2.24, 2.45) is 5.92 Å². The number of rotatable bonds is 4. The van der Waals surface area contributed by atoms with Crippen molar-refractivity contribution in [3.63, 3.8) is 0 Å². The molecular weight excluding hydrogens is 508 g/mol. The van der Waals surface area contributed by atoms with Crippen LogP contribution in [0.15, 0.2) is 53.4 Å². The van der Waals surface area contributed by atoms with Gasteiger partial charge in [0.15, 0.2) is 5.69 Å². The van der Waals surface area contributed by atoms with Crippen LogP contribution in [0.1, 0.15) is 45.8 Å². The van der Waals surface area contributed by atoms with Gasteiger partial charge < -0.3 is 25.4 Å². The molecule has 6 bridgehead atoms. The van der Waals surface area contributed by atoms with Crippen molar-refractivity contribution in [2.45, 2.75) is 39.5 Å². The normalized spacial score (nSPS) is 16.1. The maximum absolute atomic E-state index is 13.1. The van der Waals surface area contributed by atoms with E-state index in [1.165, 1.54) is 0 Å². The maximum Gasteiger partial charge on any atom is 0.276 e. The first-order valence-corrected chi connectivity index (χ1v) is 13.4. The van der Waals surface area contributed by atoms with E-state index in [1.54, 1.807) is 30.3 Å². The molecule has 0 aliphatic carbocycles. The number of aromatic nitrogens is 4. The van der Waals surface area contributed by atoms with Crippen LogP contribution in [-0.2, 0) is 17.6 Å². The molecule has 0 saturated carbocycles. The van der Waals surface area contributed by atoms with E-state index in [2.05, 4.69) is 42.1 Å². The third-order valence-electron chi connectivity index (χ3n) is 7.24. The number of nitrogens with zero attached hydrogens (tertiary/aromatic N) is 5. The largest absolute Gasteiger partial charge is 0.361 e. The average Bonchev–Trinajstić information content (AvgIpc) is 3.59. The molecule has 0 radical (unpaired) electrons. The van der Waals surface area contributed by atoms with E-state index in [0.29, 0.717) is 49.2 Å². The number of fused-ring (bicyclic) bond motifs is 6. The Morgan fingerprint density at radius 2 is 1.98 bits per heavy atom. The number of carbonyl (C=O) groups excluding carboxylic acids is 2. The van der Waals surface area contributed by atoms with E-state index in [0.717, 1.165) is 46.6 Å². The van der Waals surface area contributed by atoms with Crippen LogP contribution in [-0.4, -0.2) is 49.9 Å². The number of pyridine rings is 1. The van der Waals surface area contributed by atoms with Gasteiger partial charge in [-0.15, -0.1) is 0 Å². The van der Waals surface area contributed by atoms with Crippen LogP contribution >= 0.6 is 0 Å². The van der Waals surface area contributed by atoms with Crippen LogP contribution in [0.5, 0.6) is 0 Å². The lowest BCUT2D eigenvalue weighted by Gasteiger charge is -2.17. The lowest BCUT2D eigenvalue weighted by molar-refractivity contribution is -0.117. The van der Waals surface area contributed by atoms with Gasteiger partial charge in [-0.25, -0.2) is 4.98 Å². The van der Waals surface area contributed by atoms with E-state index < -0.39 is 0 Å². The zero-order valence-corrected chi connectivity index (χ0v) is 22.4. The van der Waals surface area contributed by atoms with Gasteiger partial charge in [0.25, 0.3) is 5.91 Å². The van der Waals surface area contributed by atoms with Gasteiger partial charge in [-0.05, 0) is 74.4 Å². The van der Waals surface area contributed by atoms with Gasteiger partial charge in [-0.3, -0.25) is 14.6 Å². The molecule has 40 heavy (non-hydrogen) atoms. The number of aryl methyl sites for hydroxylation is 4. The molecule has 3 aromatic heterocycles. The Hall–Kier alpha value is -4.80. The minimum atomic E-state index is -0.158. The second kappa shape index (κ2) is 10.8. The van der Waals surface area contributed by atoms with Crippen molar-refractivity contribution in [3.05, 3.63) is 77.1 Å². The molecule has 2 amide bonds. The van der Waals surface area contributed by atoms with Gasteiger partial charge in [0.2, 0.25) is 11.9 Å². The number of hydrogen-bond acceptors (Lipinski definition) is 9. The lowest BCUT2D eigenvalue weighted by atomic mass is 10.0. The molecule has 3 N–H and O–H groups in total. The summed E-state index contributed by atoms with van der Waals surface area (Å²) < 4.78 is 5.04. The average molecular weight is 539 g/mol. The van der Waals surface area contributed by atoms with Gasteiger partial charge in [-0.1, -0.05) is 5.16 Å². The second-order valence-electron chi connectivity index (χ2n) is 10.4. The van der Waals surface area contributed by atoms with Crippen molar-refractivity contribution < 1.29 is 14.1 Å². The van der Waals surface area contributed by atoms with Crippen molar-refractivity contribution in [1.82, 2.24) is 25.0 Å². The Bertz CT molecular complexity index is 1580. The quantitative estimate of drug-likeness (QED) is 0.341. The molecule has 0 spiro atoms. The Morgan fingerprint density at radius 1 is 1.07 bits per heavy atom. The van der Waals surface area contributed by atoms with E-state index in [9.17, 15) is 9.59 Å². The minimum absolute atomic E-state index is 0.0689. The Kier molecular flexibility index (Phi) is 6.85. The molecule has 1 fully saturated rings. The van der Waals surface area contributed by atoms with Crippen LogP contribution in [0.2, 0.25) is 0 Å². The maximum atomic E-state index is 13.1. The molecule has 1 saturated heterocycles. The fraction of sp³-hybridized carbons (Fsp3) is 0.310. The number of anilines is 5. The molecule has 6 rings (SSSR count). The number of benzene rings is 1. The van der Waals surface area contributed by atoms with E-state index in [-0.39, 0.29) is 17.7 Å². The zero-order chi connectivity index (χ0) is 27.6. The molecule has 11 heteroatoms. The van der Waals surface area contributed by atoms with Crippen LogP contribution in [0, 0.1) is 19.8 Å². The first-order chi connectivity index (χ1) is 19.4. The molecule has 5 heterocycles. The summed E-state index contributed by atoms with van der Waals surface area (Å²) in [5, 5.41) is 13.6. The van der Waals surface area contributed by atoms with Gasteiger partial charge in [0.05, 0.1) is 11.9 Å². The lowest BCUT2D eigenvalue weighted by Crippen LogP contribution is -2.29. The van der Waals surface area contributed by atoms with Crippen LogP contribution < -0.4 is 16.0 Å². The third kappa shape index (κ3) is 5.63. The summed E-state index contributed by atoms with van der Waals surface area (Å²) in [5.74, 6) is 1.64. The van der Waals surface area contributed by atoms with Gasteiger partial charge in [0.1, 0.15) is 11.6 Å². The van der Waals surface area contributed by atoms with Gasteiger partial charge in [-0.2, -0.15) is 4.98 Å². The Labute approximate surface area is 231 Å². The molecular formula is C29H30N8O3. The highest BCUT2D eigenvalue weighted by atomic mass is 16.5. The molecule has 1 atom stereocenters. The zero-order valence-electron chi connectivity index (χ0n) is 22.4. The summed E-state index contributed by atoms with van der Waals surface area (Å²) in [7, 11) is 0. The summed E-state index contributed by atoms with van der Waals surface area (Å²) in [4.78, 5) is 41.0. The van der Waals surface area contributed by atoms with E-state index in [4.69, 9.17) is 4.52 Å². The summed E-state index contributed by atoms with van der Waals surface area (Å²) in [6.07, 6.45) is 7.92. The summed E-state index contributed by atoms with van der Waals surface area (Å²) in [6.45, 7) is 4.82. The predicted molar refractivity (Wildman–Crippen MR) is 150 cm³/mol. The first kappa shape index (κ1) is 25.5. The van der Waals surface area contributed by atoms with Crippen molar-refractivity contribution in [1.29, 1.82) is 0 Å². The topological polar surface area (TPSA) is 138 Å². The molecule has 0 unspecified atom stereocenters. The highest BCUT2D eigenvalue weighted by Gasteiger charge is 2.30. The number of hydrogen-bond donors (Lipinski definition) is 3. The monoisotopic (exact) mass is 538 g/mol. The van der Waals surface area contributed by atoms with Crippen molar-refractivity contribution in [3.8, 4) is 0 Å². The van der Waals surface area contributed by atoms with Crippen molar-refractivity contribution in [2.75, 3.05) is 29.0 Å². The van der Waals surface area contributed by atoms with E-state index >= 15 is 0 Å². The first-order valence-electron chi connectivity index (χ1n) is 13.4. The molecule has 11 nitrogen and oxygen atoms in total. The Morgan fingerprint density at radius 3 is 2.83 bits per heavy atom. The molecule has 204 valence electrons. The van der Waals surface area contributed by atoms with E-state index in [1.807, 2.05) is 31.3 Å². The van der Waals surface area contributed by atoms with Gasteiger partial charge >= 0.3 is 0 Å². The predicted octanol–water partition coefficient (Wildman–Crippen LogP) is 4.55. The standard InChI is InChI=1S/C29H30N8O3/c1-17-13-31-29-33-23-10-19(14-30-15-23)3-4-21-12-22(32-27(17)35-29)5-6-24(21)34-26(38)11-20-7-8-37(16-20)28(39)25-9-18(2)40-36-25/h5-6,9-10,12-15,20H,3-4,7-8,11,16H2,1-2H3,(H,34,38)(H2,31,32,33,35)/t20-/m1/s1. The molecule has 4 aromatic rings. The Balaban J connectivity index is 1.18. The summed E-state index contributed by atoms with van der Waals surface area (Å²) >= 11 is 0. The number of carbonyl (C=O) groups is 2. The van der Waals surface area contributed by atoms with Crippen LogP contribution in [0.3, 0.4) is 0 Å². The van der Waals surface area contributed by atoms with Crippen molar-refractivity contribution >= 4 is 40.6 Å². The summed E-state index contributed by atoms with van der Waals surface area (Å²) in [6, 6.07) is 9.59. The number of nitrogens with one attached hydrogen (secondary N) is 3.